The number of hydrogen-bond acceptors (Lipinski definition) is 3. The van der Waals surface area contributed by atoms with Crippen LogP contribution in [-0.2, 0) is 0 Å². The van der Waals surface area contributed by atoms with Gasteiger partial charge in [0.25, 0.3) is 0 Å². The van der Waals surface area contributed by atoms with Crippen LogP contribution in [0.25, 0.3) is 0 Å². The van der Waals surface area contributed by atoms with E-state index in [4.69, 9.17) is 0 Å². The minimum atomic E-state index is -1.12. The van der Waals surface area contributed by atoms with Gasteiger partial charge in [-0.2, -0.15) is 11.2 Å². The maximum Gasteiger partial charge on any atom is 0.114 e. The number of nitrogens with zero attached hydrogens (tertiary/aromatic N) is 2. The molecule has 0 amide bonds. The van der Waals surface area contributed by atoms with E-state index >= 15 is 0 Å². The first-order valence-electron chi connectivity index (χ1n) is 6.27. The Bertz CT molecular complexity index is 545. The Balaban J connectivity index is 2.05. The molecule has 0 unspecified atom stereocenters. The molecule has 2 nitrogen and oxygen atoms in total. The van der Waals surface area contributed by atoms with E-state index in [9.17, 15) is 0 Å². The fourth-order valence-corrected chi connectivity index (χ4v) is 5.06. The molecule has 0 fully saturated rings. The molecule has 0 aliphatic heterocycles. The van der Waals surface area contributed by atoms with Crippen LogP contribution in [0, 0.1) is 0 Å². The van der Waals surface area contributed by atoms with E-state index in [1.807, 2.05) is 29.4 Å². The number of aliphatic imine (C=N–C) groups is 1. The van der Waals surface area contributed by atoms with Crippen molar-refractivity contribution < 1.29 is 0 Å². The quantitative estimate of drug-likeness (QED) is 0.598. The van der Waals surface area contributed by atoms with E-state index in [0.717, 1.165) is 11.4 Å². The molecule has 0 aliphatic carbocycles. The SMILES string of the molecule is C[Si](C)(C)Sc1ccc(N=Cc2ccccn2)cc1. The molecular weight excluding hydrogens is 268 g/mol. The molecule has 0 spiro atoms. The highest BCUT2D eigenvalue weighted by molar-refractivity contribution is 8.28. The first-order valence-corrected chi connectivity index (χ1v) is 11.3. The first-order chi connectivity index (χ1) is 9.03. The van der Waals surface area contributed by atoms with Gasteiger partial charge in [0.05, 0.1) is 17.6 Å². The van der Waals surface area contributed by atoms with Gasteiger partial charge in [-0.3, -0.25) is 9.98 Å². The van der Waals surface area contributed by atoms with E-state index < -0.39 is 7.22 Å². The second kappa shape index (κ2) is 6.17. The van der Waals surface area contributed by atoms with Crippen LogP contribution in [0.15, 0.2) is 58.5 Å². The summed E-state index contributed by atoms with van der Waals surface area (Å²) in [7, 11) is -1.12. The second-order valence-electron chi connectivity index (χ2n) is 5.22. The Labute approximate surface area is 119 Å². The van der Waals surface area contributed by atoms with Gasteiger partial charge in [-0.05, 0) is 36.4 Å². The molecule has 1 heterocycles. The molecule has 2 aromatic rings. The topological polar surface area (TPSA) is 25.2 Å². The van der Waals surface area contributed by atoms with E-state index in [1.54, 1.807) is 12.4 Å². The lowest BCUT2D eigenvalue weighted by atomic mass is 10.3. The highest BCUT2D eigenvalue weighted by atomic mass is 32.4. The lowest BCUT2D eigenvalue weighted by molar-refractivity contribution is 1.30. The lowest BCUT2D eigenvalue weighted by Gasteiger charge is -2.14. The van der Waals surface area contributed by atoms with Crippen molar-refractivity contribution in [3.63, 3.8) is 0 Å². The summed E-state index contributed by atoms with van der Waals surface area (Å²) in [4.78, 5) is 9.97. The molecule has 1 aromatic carbocycles. The highest BCUT2D eigenvalue weighted by Crippen LogP contribution is 2.30. The summed E-state index contributed by atoms with van der Waals surface area (Å²) >= 11 is 2.00. The minimum absolute atomic E-state index is 0.878. The third-order valence-corrected chi connectivity index (χ3v) is 5.96. The van der Waals surface area contributed by atoms with Crippen LogP contribution in [0.5, 0.6) is 0 Å². The summed E-state index contributed by atoms with van der Waals surface area (Å²) in [5, 5.41) is 0. The van der Waals surface area contributed by atoms with Gasteiger partial charge in [0.1, 0.15) is 7.22 Å². The van der Waals surface area contributed by atoms with Crippen LogP contribution in [0.2, 0.25) is 19.6 Å². The fraction of sp³-hybridized carbons (Fsp3) is 0.200. The Morgan fingerprint density at radius 1 is 1.05 bits per heavy atom. The van der Waals surface area contributed by atoms with Crippen LogP contribution < -0.4 is 0 Å². The summed E-state index contributed by atoms with van der Waals surface area (Å²) in [5.74, 6) is 0. The average molecular weight is 286 g/mol. The van der Waals surface area contributed by atoms with E-state index in [-0.39, 0.29) is 0 Å². The Kier molecular flexibility index (Phi) is 4.55. The lowest BCUT2D eigenvalue weighted by Crippen LogP contribution is -2.13. The molecule has 4 heteroatoms. The third-order valence-electron chi connectivity index (χ3n) is 2.29. The van der Waals surface area contributed by atoms with Gasteiger partial charge in [-0.1, -0.05) is 25.7 Å². The number of pyridine rings is 1. The molecule has 19 heavy (non-hydrogen) atoms. The van der Waals surface area contributed by atoms with E-state index in [2.05, 4.69) is 53.9 Å². The van der Waals surface area contributed by atoms with Crippen molar-refractivity contribution in [3.8, 4) is 0 Å². The van der Waals surface area contributed by atoms with E-state index in [1.165, 1.54) is 4.90 Å². The van der Waals surface area contributed by atoms with Gasteiger partial charge in [-0.15, -0.1) is 0 Å². The number of aromatic nitrogens is 1. The van der Waals surface area contributed by atoms with Crippen LogP contribution in [0.1, 0.15) is 5.69 Å². The van der Waals surface area contributed by atoms with Crippen molar-refractivity contribution in [2.75, 3.05) is 0 Å². The molecule has 0 atom stereocenters. The zero-order chi connectivity index (χ0) is 13.7. The van der Waals surface area contributed by atoms with Gasteiger partial charge >= 0.3 is 0 Å². The summed E-state index contributed by atoms with van der Waals surface area (Å²) < 4.78 is 0. The summed E-state index contributed by atoms with van der Waals surface area (Å²) in [6, 6.07) is 14.2. The van der Waals surface area contributed by atoms with Gasteiger partial charge in [0.2, 0.25) is 0 Å². The van der Waals surface area contributed by atoms with Crippen molar-refractivity contribution in [2.45, 2.75) is 24.5 Å². The molecule has 2 rings (SSSR count). The number of hydrogen-bond donors (Lipinski definition) is 0. The second-order valence-corrected chi connectivity index (χ2v) is 14.4. The molecule has 0 radical (unpaired) electrons. The largest absolute Gasteiger partial charge is 0.255 e. The molecule has 0 saturated heterocycles. The summed E-state index contributed by atoms with van der Waals surface area (Å²) in [6.07, 6.45) is 3.57. The number of benzene rings is 1. The molecule has 0 N–H and O–H groups in total. The van der Waals surface area contributed by atoms with Crippen molar-refractivity contribution in [1.29, 1.82) is 0 Å². The van der Waals surface area contributed by atoms with Crippen LogP contribution >= 0.6 is 11.2 Å². The Morgan fingerprint density at radius 2 is 1.79 bits per heavy atom. The van der Waals surface area contributed by atoms with Crippen molar-refractivity contribution in [3.05, 3.63) is 54.4 Å². The monoisotopic (exact) mass is 286 g/mol. The fourth-order valence-electron chi connectivity index (χ4n) is 1.55. The highest BCUT2D eigenvalue weighted by Gasteiger charge is 2.14. The Morgan fingerprint density at radius 3 is 2.37 bits per heavy atom. The standard InChI is InChI=1S/C15H18N2SSi/c1-19(2,3)18-15-9-7-13(8-10-15)17-12-14-6-4-5-11-16-14/h4-12H,1-3H3. The first kappa shape index (κ1) is 14.0. The smallest absolute Gasteiger partial charge is 0.114 e. The average Bonchev–Trinajstić information content (AvgIpc) is 2.37. The molecule has 98 valence electrons. The zero-order valence-electron chi connectivity index (χ0n) is 11.5. The van der Waals surface area contributed by atoms with Gasteiger partial charge in [0.15, 0.2) is 0 Å². The normalized spacial score (nSPS) is 11.9. The van der Waals surface area contributed by atoms with Crippen LogP contribution in [0.4, 0.5) is 5.69 Å². The predicted octanol–water partition coefficient (Wildman–Crippen LogP) is 4.76. The van der Waals surface area contributed by atoms with Gasteiger partial charge < -0.3 is 0 Å². The van der Waals surface area contributed by atoms with Crippen LogP contribution in [0.3, 0.4) is 0 Å². The Hall–Kier alpha value is -1.39. The molecule has 0 saturated carbocycles. The maximum atomic E-state index is 4.43. The predicted molar refractivity (Wildman–Crippen MR) is 87.1 cm³/mol. The van der Waals surface area contributed by atoms with Crippen molar-refractivity contribution >= 4 is 30.3 Å². The third kappa shape index (κ3) is 5.01. The summed E-state index contributed by atoms with van der Waals surface area (Å²) in [6.45, 7) is 7.06. The minimum Gasteiger partial charge on any atom is -0.255 e. The molecule has 0 bridgehead atoms. The molecule has 1 aromatic heterocycles. The van der Waals surface area contributed by atoms with Gasteiger partial charge in [0, 0.05) is 11.1 Å². The van der Waals surface area contributed by atoms with Gasteiger partial charge in [-0.25, -0.2) is 0 Å². The molecule has 0 aliphatic rings. The zero-order valence-corrected chi connectivity index (χ0v) is 13.3. The van der Waals surface area contributed by atoms with Crippen LogP contribution in [-0.4, -0.2) is 18.4 Å². The van der Waals surface area contributed by atoms with Crippen molar-refractivity contribution in [2.24, 2.45) is 4.99 Å². The molecular formula is C15H18N2SSi. The number of rotatable bonds is 4. The summed E-state index contributed by atoms with van der Waals surface area (Å²) in [5.41, 5.74) is 1.84. The maximum absolute atomic E-state index is 4.43. The van der Waals surface area contributed by atoms with Crippen molar-refractivity contribution in [1.82, 2.24) is 4.98 Å². The van der Waals surface area contributed by atoms with E-state index in [0.29, 0.717) is 0 Å².